The molecule has 0 amide bonds. The lowest BCUT2D eigenvalue weighted by molar-refractivity contribution is 0.448. The molecular formula is C23H38OSi. The second-order valence-corrected chi connectivity index (χ2v) is 11.8. The summed E-state index contributed by atoms with van der Waals surface area (Å²) in [6, 6.07) is 14.1. The van der Waals surface area contributed by atoms with Crippen LogP contribution in [0, 0.1) is 0 Å². The second kappa shape index (κ2) is 12.1. The Morgan fingerprint density at radius 2 is 1.60 bits per heavy atom. The highest BCUT2D eigenvalue weighted by atomic mass is 28.4. The molecule has 140 valence electrons. The van der Waals surface area contributed by atoms with Crippen molar-refractivity contribution in [3.63, 3.8) is 0 Å². The Morgan fingerprint density at radius 3 is 2.16 bits per heavy atom. The predicted molar refractivity (Wildman–Crippen MR) is 115 cm³/mol. The van der Waals surface area contributed by atoms with Crippen LogP contribution in [0.3, 0.4) is 0 Å². The first kappa shape index (κ1) is 21.8. The van der Waals surface area contributed by atoms with Crippen molar-refractivity contribution in [2.45, 2.75) is 84.4 Å². The molecule has 0 aromatic heterocycles. The molecule has 2 heteroatoms. The average molecular weight is 359 g/mol. The molecule has 0 atom stereocenters. The van der Waals surface area contributed by atoms with E-state index in [0.29, 0.717) is 0 Å². The van der Waals surface area contributed by atoms with Crippen LogP contribution in [0.15, 0.2) is 48.7 Å². The molecule has 0 aliphatic rings. The van der Waals surface area contributed by atoms with Gasteiger partial charge < -0.3 is 4.43 Å². The van der Waals surface area contributed by atoms with Gasteiger partial charge in [0.05, 0.1) is 6.26 Å². The van der Waals surface area contributed by atoms with Gasteiger partial charge in [-0.3, -0.25) is 0 Å². The Kier molecular flexibility index (Phi) is 10.6. The van der Waals surface area contributed by atoms with Gasteiger partial charge in [-0.25, -0.2) is 0 Å². The zero-order valence-electron chi connectivity index (χ0n) is 16.9. The smallest absolute Gasteiger partial charge is 0.249 e. The second-order valence-electron chi connectivity index (χ2n) is 7.09. The maximum atomic E-state index is 6.47. The molecule has 0 N–H and O–H groups in total. The van der Waals surface area contributed by atoms with Crippen LogP contribution in [0.25, 0.3) is 5.57 Å². The fourth-order valence-corrected chi connectivity index (χ4v) is 5.64. The number of unbranched alkanes of at least 4 members (excludes halogenated alkanes) is 3. The van der Waals surface area contributed by atoms with Gasteiger partial charge in [0, 0.05) is 0 Å². The van der Waals surface area contributed by atoms with E-state index >= 15 is 0 Å². The molecule has 1 aromatic carbocycles. The summed E-state index contributed by atoms with van der Waals surface area (Å²) < 4.78 is 6.47. The molecule has 0 saturated heterocycles. The van der Waals surface area contributed by atoms with Crippen LogP contribution in [0.2, 0.25) is 18.1 Å². The van der Waals surface area contributed by atoms with E-state index < -0.39 is 8.32 Å². The van der Waals surface area contributed by atoms with Gasteiger partial charge in [0.25, 0.3) is 0 Å². The number of allylic oxidation sites excluding steroid dienone is 2. The standard InChI is InChI=1S/C23H38OSi/c1-6-10-11-13-16-22(20-24-25(7-2,8-3)9-4)19-21(5)23-17-14-12-15-18-23/h12,14-15,17-18,20H,5-11,13,16,19H2,1-4H3/b22-20+. The minimum atomic E-state index is -1.57. The minimum Gasteiger partial charge on any atom is -0.549 e. The van der Waals surface area contributed by atoms with Gasteiger partial charge in [-0.15, -0.1) is 0 Å². The molecule has 0 bridgehead atoms. The summed E-state index contributed by atoms with van der Waals surface area (Å²) in [5.41, 5.74) is 3.85. The minimum absolute atomic E-state index is 0.928. The van der Waals surface area contributed by atoms with E-state index in [1.807, 2.05) is 0 Å². The van der Waals surface area contributed by atoms with Crippen LogP contribution in [0.1, 0.15) is 71.8 Å². The number of rotatable bonds is 13. The van der Waals surface area contributed by atoms with Gasteiger partial charge in [0.2, 0.25) is 8.32 Å². The molecular weight excluding hydrogens is 320 g/mol. The van der Waals surface area contributed by atoms with E-state index in [4.69, 9.17) is 4.43 Å². The molecule has 1 nitrogen and oxygen atoms in total. The lowest BCUT2D eigenvalue weighted by atomic mass is 9.97. The Balaban J connectivity index is 2.80. The fourth-order valence-electron chi connectivity index (χ4n) is 3.23. The highest BCUT2D eigenvalue weighted by molar-refractivity contribution is 6.73. The van der Waals surface area contributed by atoms with Crippen molar-refractivity contribution >= 4 is 13.9 Å². The topological polar surface area (TPSA) is 9.23 Å². The summed E-state index contributed by atoms with van der Waals surface area (Å²) in [6.07, 6.45) is 9.36. The van der Waals surface area contributed by atoms with Crippen molar-refractivity contribution in [3.05, 3.63) is 54.3 Å². The molecule has 0 spiro atoms. The lowest BCUT2D eigenvalue weighted by Gasteiger charge is -2.27. The number of benzene rings is 1. The van der Waals surface area contributed by atoms with Gasteiger partial charge in [-0.1, -0.05) is 83.9 Å². The normalized spacial score (nSPS) is 12.2. The predicted octanol–water partition coefficient (Wildman–Crippen LogP) is 7.97. The third-order valence-electron chi connectivity index (χ3n) is 5.38. The summed E-state index contributed by atoms with van der Waals surface area (Å²) in [5, 5.41) is 0. The van der Waals surface area contributed by atoms with Crippen molar-refractivity contribution in [1.29, 1.82) is 0 Å². The number of hydrogen-bond donors (Lipinski definition) is 0. The Bertz CT molecular complexity index is 506. The number of hydrogen-bond acceptors (Lipinski definition) is 1. The average Bonchev–Trinajstić information content (AvgIpc) is 2.67. The molecule has 0 aliphatic carbocycles. The van der Waals surface area contributed by atoms with E-state index in [2.05, 4.69) is 70.9 Å². The Labute approximate surface area is 157 Å². The molecule has 0 saturated carbocycles. The summed E-state index contributed by atoms with van der Waals surface area (Å²) >= 11 is 0. The Morgan fingerprint density at radius 1 is 0.960 bits per heavy atom. The highest BCUT2D eigenvalue weighted by Gasteiger charge is 2.29. The van der Waals surface area contributed by atoms with Gasteiger partial charge in [0.15, 0.2) is 0 Å². The summed E-state index contributed by atoms with van der Waals surface area (Å²) in [7, 11) is -1.57. The van der Waals surface area contributed by atoms with Crippen molar-refractivity contribution in [1.82, 2.24) is 0 Å². The van der Waals surface area contributed by atoms with Crippen molar-refractivity contribution in [2.75, 3.05) is 0 Å². The van der Waals surface area contributed by atoms with E-state index in [1.54, 1.807) is 0 Å². The Hall–Kier alpha value is -1.28. The maximum Gasteiger partial charge on any atom is 0.249 e. The van der Waals surface area contributed by atoms with E-state index in [0.717, 1.165) is 12.8 Å². The van der Waals surface area contributed by atoms with Crippen LogP contribution in [-0.2, 0) is 4.43 Å². The quantitative estimate of drug-likeness (QED) is 0.197. The van der Waals surface area contributed by atoms with E-state index in [9.17, 15) is 0 Å². The third-order valence-corrected chi connectivity index (χ3v) is 9.87. The largest absolute Gasteiger partial charge is 0.549 e. The van der Waals surface area contributed by atoms with Gasteiger partial charge in [-0.2, -0.15) is 0 Å². The summed E-state index contributed by atoms with van der Waals surface area (Å²) in [6.45, 7) is 13.5. The lowest BCUT2D eigenvalue weighted by Crippen LogP contribution is -2.33. The van der Waals surface area contributed by atoms with Gasteiger partial charge in [-0.05, 0) is 54.1 Å². The highest BCUT2D eigenvalue weighted by Crippen LogP contribution is 2.27. The van der Waals surface area contributed by atoms with E-state index in [1.165, 1.54) is 60.5 Å². The van der Waals surface area contributed by atoms with Crippen LogP contribution in [0.4, 0.5) is 0 Å². The van der Waals surface area contributed by atoms with E-state index in [-0.39, 0.29) is 0 Å². The summed E-state index contributed by atoms with van der Waals surface area (Å²) in [5.74, 6) is 0. The molecule has 0 heterocycles. The van der Waals surface area contributed by atoms with Gasteiger partial charge in [0.1, 0.15) is 0 Å². The SMILES string of the molecule is C=C(C/C(=C/O[Si](CC)(CC)CC)CCCCCC)c1ccccc1. The zero-order chi connectivity index (χ0) is 18.5. The fraction of sp³-hybridized carbons (Fsp3) is 0.565. The van der Waals surface area contributed by atoms with Crippen LogP contribution >= 0.6 is 0 Å². The third kappa shape index (κ3) is 7.64. The first-order chi connectivity index (χ1) is 12.1. The molecule has 1 aromatic rings. The molecule has 1 rings (SSSR count). The first-order valence-electron chi connectivity index (χ1n) is 10.2. The molecule has 0 unspecified atom stereocenters. The molecule has 0 fully saturated rings. The maximum absolute atomic E-state index is 6.47. The molecule has 0 aliphatic heterocycles. The van der Waals surface area contributed by atoms with Crippen molar-refractivity contribution in [2.24, 2.45) is 0 Å². The van der Waals surface area contributed by atoms with Crippen LogP contribution in [-0.4, -0.2) is 8.32 Å². The van der Waals surface area contributed by atoms with Crippen LogP contribution in [0.5, 0.6) is 0 Å². The van der Waals surface area contributed by atoms with Gasteiger partial charge >= 0.3 is 0 Å². The molecule has 25 heavy (non-hydrogen) atoms. The summed E-state index contributed by atoms with van der Waals surface area (Å²) in [4.78, 5) is 0. The van der Waals surface area contributed by atoms with Crippen molar-refractivity contribution in [3.8, 4) is 0 Å². The monoisotopic (exact) mass is 358 g/mol. The van der Waals surface area contributed by atoms with Crippen LogP contribution < -0.4 is 0 Å². The molecule has 0 radical (unpaired) electrons. The first-order valence-corrected chi connectivity index (χ1v) is 12.7. The zero-order valence-corrected chi connectivity index (χ0v) is 17.9. The van der Waals surface area contributed by atoms with Crippen molar-refractivity contribution < 1.29 is 4.43 Å².